The van der Waals surface area contributed by atoms with Gasteiger partial charge in [0, 0.05) is 17.8 Å². The molecule has 0 spiro atoms. The molecule has 3 rings (SSSR count). The number of hydrogen-bond donors (Lipinski definition) is 3. The number of hydrogen-bond acceptors (Lipinski definition) is 7. The second-order valence-corrected chi connectivity index (χ2v) is 6.62. The number of H-pyrrole nitrogens is 1. The molecule has 3 aromatic rings. The fourth-order valence-electron chi connectivity index (χ4n) is 2.23. The standard InChI is InChI=1S/C16H21N7O2/c1-16(2,3)11-9-23-13(21-22-15(23)24)12(20-11)18-7-8-25-14-10(17)5-4-6-19-14/h4-6,9H,7-8,17H2,1-3H3,(H,18,20)(H,22,24). The molecule has 9 nitrogen and oxygen atoms in total. The minimum Gasteiger partial charge on any atom is -0.474 e. The molecule has 0 aliphatic rings. The molecular weight excluding hydrogens is 322 g/mol. The molecule has 0 saturated carbocycles. The first-order chi connectivity index (χ1) is 11.9. The largest absolute Gasteiger partial charge is 0.474 e. The Kier molecular flexibility index (Phi) is 4.30. The Morgan fingerprint density at radius 2 is 2.20 bits per heavy atom. The molecule has 0 saturated heterocycles. The van der Waals surface area contributed by atoms with Crippen LogP contribution in [0.15, 0.2) is 29.3 Å². The summed E-state index contributed by atoms with van der Waals surface area (Å²) < 4.78 is 7.00. The number of nitrogen functional groups attached to an aromatic ring is 1. The van der Waals surface area contributed by atoms with Crippen LogP contribution in [0.4, 0.5) is 11.5 Å². The van der Waals surface area contributed by atoms with Crippen LogP contribution in [0.2, 0.25) is 0 Å². The monoisotopic (exact) mass is 343 g/mol. The first-order valence-electron chi connectivity index (χ1n) is 7.91. The van der Waals surface area contributed by atoms with Crippen molar-refractivity contribution in [2.45, 2.75) is 26.2 Å². The third-order valence-electron chi connectivity index (χ3n) is 3.60. The number of aromatic amines is 1. The minimum atomic E-state index is -0.302. The van der Waals surface area contributed by atoms with Crippen molar-refractivity contribution in [3.8, 4) is 5.88 Å². The van der Waals surface area contributed by atoms with E-state index < -0.39 is 0 Å². The summed E-state index contributed by atoms with van der Waals surface area (Å²) in [6, 6.07) is 3.47. The number of anilines is 2. The maximum absolute atomic E-state index is 11.9. The Morgan fingerprint density at radius 1 is 1.40 bits per heavy atom. The highest BCUT2D eigenvalue weighted by atomic mass is 16.5. The lowest BCUT2D eigenvalue weighted by molar-refractivity contribution is 0.322. The van der Waals surface area contributed by atoms with Crippen LogP contribution < -0.4 is 21.5 Å². The summed E-state index contributed by atoms with van der Waals surface area (Å²) in [5.41, 5.74) is 6.98. The first kappa shape index (κ1) is 16.7. The van der Waals surface area contributed by atoms with Crippen molar-refractivity contribution >= 4 is 17.2 Å². The summed E-state index contributed by atoms with van der Waals surface area (Å²) in [5.74, 6) is 0.908. The summed E-state index contributed by atoms with van der Waals surface area (Å²) in [4.78, 5) is 20.6. The molecule has 0 aliphatic carbocycles. The predicted molar refractivity (Wildman–Crippen MR) is 94.9 cm³/mol. The van der Waals surface area contributed by atoms with Gasteiger partial charge in [-0.1, -0.05) is 20.8 Å². The number of aromatic nitrogens is 5. The Labute approximate surface area is 144 Å². The number of rotatable bonds is 5. The molecular formula is C16H21N7O2. The average Bonchev–Trinajstić information content (AvgIpc) is 2.94. The van der Waals surface area contributed by atoms with E-state index in [1.54, 1.807) is 24.5 Å². The quantitative estimate of drug-likeness (QED) is 0.594. The van der Waals surface area contributed by atoms with Crippen molar-refractivity contribution in [1.29, 1.82) is 0 Å². The number of ether oxygens (including phenoxy) is 1. The molecule has 132 valence electrons. The van der Waals surface area contributed by atoms with E-state index in [1.807, 2.05) is 20.8 Å². The maximum atomic E-state index is 11.9. The average molecular weight is 343 g/mol. The molecule has 25 heavy (non-hydrogen) atoms. The Balaban J connectivity index is 1.77. The van der Waals surface area contributed by atoms with Crippen LogP contribution in [-0.4, -0.2) is 37.7 Å². The van der Waals surface area contributed by atoms with Crippen LogP contribution in [0.1, 0.15) is 26.5 Å². The lowest BCUT2D eigenvalue weighted by atomic mass is 9.93. The van der Waals surface area contributed by atoms with Gasteiger partial charge >= 0.3 is 5.69 Å². The predicted octanol–water partition coefficient (Wildman–Crippen LogP) is 1.18. The van der Waals surface area contributed by atoms with Crippen molar-refractivity contribution in [2.24, 2.45) is 0 Å². The molecule has 4 N–H and O–H groups in total. The Hall–Kier alpha value is -3.10. The van der Waals surface area contributed by atoms with E-state index in [4.69, 9.17) is 10.5 Å². The van der Waals surface area contributed by atoms with Crippen LogP contribution in [0.5, 0.6) is 5.88 Å². The van der Waals surface area contributed by atoms with Crippen molar-refractivity contribution in [3.63, 3.8) is 0 Å². The minimum absolute atomic E-state index is 0.208. The molecule has 0 atom stereocenters. The highest BCUT2D eigenvalue weighted by Gasteiger charge is 2.19. The summed E-state index contributed by atoms with van der Waals surface area (Å²) in [7, 11) is 0. The maximum Gasteiger partial charge on any atom is 0.347 e. The smallest absolute Gasteiger partial charge is 0.347 e. The van der Waals surface area contributed by atoms with Gasteiger partial charge in [0.2, 0.25) is 11.5 Å². The van der Waals surface area contributed by atoms with E-state index in [1.165, 1.54) is 4.40 Å². The summed E-state index contributed by atoms with van der Waals surface area (Å²) >= 11 is 0. The van der Waals surface area contributed by atoms with Gasteiger partial charge in [0.1, 0.15) is 6.61 Å². The number of nitrogens with zero attached hydrogens (tertiary/aromatic N) is 4. The van der Waals surface area contributed by atoms with E-state index in [2.05, 4.69) is 25.5 Å². The second kappa shape index (κ2) is 6.42. The normalized spacial score (nSPS) is 11.6. The third kappa shape index (κ3) is 3.54. The lowest BCUT2D eigenvalue weighted by Gasteiger charge is -2.19. The SMILES string of the molecule is CC(C)(C)c1cn2c(=O)[nH]nc2c(NCCOc2ncccc2N)n1. The zero-order valence-corrected chi connectivity index (χ0v) is 14.4. The zero-order valence-electron chi connectivity index (χ0n) is 14.4. The zero-order chi connectivity index (χ0) is 18.0. The highest BCUT2D eigenvalue weighted by Crippen LogP contribution is 2.22. The Morgan fingerprint density at radius 3 is 2.92 bits per heavy atom. The number of nitrogens with one attached hydrogen (secondary N) is 2. The van der Waals surface area contributed by atoms with Gasteiger partial charge < -0.3 is 15.8 Å². The summed E-state index contributed by atoms with van der Waals surface area (Å²) in [6.45, 7) is 6.88. The first-order valence-corrected chi connectivity index (χ1v) is 7.91. The van der Waals surface area contributed by atoms with Crippen LogP contribution in [0.3, 0.4) is 0 Å². The van der Waals surface area contributed by atoms with Gasteiger partial charge in [0.25, 0.3) is 0 Å². The molecule has 0 aliphatic heterocycles. The van der Waals surface area contributed by atoms with Gasteiger partial charge in [-0.3, -0.25) is 0 Å². The summed E-state index contributed by atoms with van der Waals surface area (Å²) in [6.07, 6.45) is 3.32. The lowest BCUT2D eigenvalue weighted by Crippen LogP contribution is -2.21. The fraction of sp³-hybridized carbons (Fsp3) is 0.375. The fourth-order valence-corrected chi connectivity index (χ4v) is 2.23. The molecule has 9 heteroatoms. The van der Waals surface area contributed by atoms with Gasteiger partial charge in [-0.05, 0) is 12.1 Å². The van der Waals surface area contributed by atoms with Gasteiger partial charge in [-0.25, -0.2) is 24.3 Å². The molecule has 0 bridgehead atoms. The van der Waals surface area contributed by atoms with Gasteiger partial charge in [0.05, 0.1) is 17.9 Å². The van der Waals surface area contributed by atoms with Crippen LogP contribution in [-0.2, 0) is 5.41 Å². The highest BCUT2D eigenvalue weighted by molar-refractivity contribution is 5.62. The number of fused-ring (bicyclic) bond motifs is 1. The number of nitrogens with two attached hydrogens (primary N) is 1. The van der Waals surface area contributed by atoms with Crippen molar-refractivity contribution in [2.75, 3.05) is 24.2 Å². The van der Waals surface area contributed by atoms with E-state index in [0.717, 1.165) is 5.69 Å². The molecule has 0 radical (unpaired) electrons. The molecule has 3 aromatic heterocycles. The molecule has 0 amide bonds. The molecule has 0 aromatic carbocycles. The molecule has 0 unspecified atom stereocenters. The van der Waals surface area contributed by atoms with Crippen LogP contribution in [0.25, 0.3) is 5.65 Å². The van der Waals surface area contributed by atoms with Crippen LogP contribution >= 0.6 is 0 Å². The Bertz CT molecular complexity index is 940. The van der Waals surface area contributed by atoms with Crippen molar-refractivity contribution in [1.82, 2.24) is 24.6 Å². The van der Waals surface area contributed by atoms with E-state index in [9.17, 15) is 4.79 Å². The topological polar surface area (TPSA) is 123 Å². The molecule has 0 fully saturated rings. The van der Waals surface area contributed by atoms with E-state index in [0.29, 0.717) is 36.2 Å². The van der Waals surface area contributed by atoms with Crippen molar-refractivity contribution < 1.29 is 4.74 Å². The number of pyridine rings is 1. The van der Waals surface area contributed by atoms with Crippen molar-refractivity contribution in [3.05, 3.63) is 40.7 Å². The third-order valence-corrected chi connectivity index (χ3v) is 3.60. The van der Waals surface area contributed by atoms with E-state index >= 15 is 0 Å². The second-order valence-electron chi connectivity index (χ2n) is 6.62. The van der Waals surface area contributed by atoms with Crippen LogP contribution in [0, 0.1) is 0 Å². The van der Waals surface area contributed by atoms with E-state index in [-0.39, 0.29) is 11.1 Å². The van der Waals surface area contributed by atoms with Gasteiger partial charge in [-0.2, -0.15) is 0 Å². The van der Waals surface area contributed by atoms with Gasteiger partial charge in [0.15, 0.2) is 5.82 Å². The summed E-state index contributed by atoms with van der Waals surface area (Å²) in [5, 5.41) is 9.61. The molecule has 3 heterocycles. The van der Waals surface area contributed by atoms with Gasteiger partial charge in [-0.15, -0.1) is 5.10 Å².